The molecule has 2 amide bonds. The Kier molecular flexibility index (Phi) is 7.34. The van der Waals surface area contributed by atoms with Gasteiger partial charge >= 0.3 is 0 Å². The molecule has 1 aliphatic rings. The zero-order valence-corrected chi connectivity index (χ0v) is 20.8. The zero-order chi connectivity index (χ0) is 26.0. The van der Waals surface area contributed by atoms with Gasteiger partial charge in [-0.1, -0.05) is 40.9 Å². The molecule has 0 aliphatic heterocycles. The fraction of sp³-hybridized carbons (Fsp3) is 0.292. The summed E-state index contributed by atoms with van der Waals surface area (Å²) in [5, 5.41) is 20.6. The number of aromatic nitrogens is 1. The van der Waals surface area contributed by atoms with Crippen molar-refractivity contribution in [3.05, 3.63) is 78.3 Å². The summed E-state index contributed by atoms with van der Waals surface area (Å²) >= 11 is 3.22. The topological polar surface area (TPSA) is 146 Å². The molecule has 1 saturated carbocycles. The number of H-pyrrole nitrogens is 1. The molecule has 1 heterocycles. The van der Waals surface area contributed by atoms with Crippen LogP contribution in [0.4, 0.5) is 15.8 Å². The molecule has 0 saturated heterocycles. The van der Waals surface area contributed by atoms with Crippen LogP contribution in [0.2, 0.25) is 0 Å². The molecule has 10 nitrogen and oxygen atoms in total. The predicted molar refractivity (Wildman–Crippen MR) is 136 cm³/mol. The Balaban J connectivity index is 1.68. The summed E-state index contributed by atoms with van der Waals surface area (Å²) in [6.07, 6.45) is 2.76. The van der Waals surface area contributed by atoms with E-state index in [1.807, 2.05) is 0 Å². The maximum atomic E-state index is 14.2. The van der Waals surface area contributed by atoms with E-state index < -0.39 is 40.2 Å². The fourth-order valence-corrected chi connectivity index (χ4v) is 4.99. The number of halogens is 2. The number of aromatic amines is 1. The Hall–Kier alpha value is -3.80. The van der Waals surface area contributed by atoms with E-state index in [9.17, 15) is 28.9 Å². The zero-order valence-electron chi connectivity index (χ0n) is 19.2. The van der Waals surface area contributed by atoms with Crippen LogP contribution >= 0.6 is 15.9 Å². The van der Waals surface area contributed by atoms with E-state index in [1.54, 1.807) is 6.07 Å². The predicted octanol–water partition coefficient (Wildman–Crippen LogP) is 3.85. The Morgan fingerprint density at radius 3 is 2.53 bits per heavy atom. The van der Waals surface area contributed by atoms with Crippen LogP contribution in [-0.2, 0) is 0 Å². The van der Waals surface area contributed by atoms with Crippen LogP contribution in [0.25, 0.3) is 10.9 Å². The van der Waals surface area contributed by atoms with Gasteiger partial charge in [0.05, 0.1) is 21.6 Å². The van der Waals surface area contributed by atoms with Gasteiger partial charge in [0.2, 0.25) is 5.56 Å². The number of carbonyl (C=O) groups is 2. The maximum absolute atomic E-state index is 14.2. The number of hydrogen-bond acceptors (Lipinski definition) is 6. The fourth-order valence-electron chi connectivity index (χ4n) is 4.54. The molecule has 1 aliphatic carbocycles. The molecule has 12 heteroatoms. The first-order valence-corrected chi connectivity index (χ1v) is 12.1. The first-order chi connectivity index (χ1) is 17.2. The van der Waals surface area contributed by atoms with E-state index in [4.69, 9.17) is 0 Å². The molecule has 36 heavy (non-hydrogen) atoms. The molecule has 2 atom stereocenters. The number of benzene rings is 2. The number of nitrogens with one attached hydrogen (secondary N) is 4. The first-order valence-electron chi connectivity index (χ1n) is 11.3. The SMILES string of the molecule is CNC(=O)c1cc(Br)cc([N+](=O)[O-])c1N[C@@H]1CCCC[C@@H]1NC(=O)c1cc(=O)[nH]c2c(F)cccc12. The minimum atomic E-state index is -0.652. The average Bonchev–Trinajstić information content (AvgIpc) is 2.85. The summed E-state index contributed by atoms with van der Waals surface area (Å²) in [5.41, 5.74) is -0.790. The van der Waals surface area contributed by atoms with Gasteiger partial charge in [-0.2, -0.15) is 0 Å². The van der Waals surface area contributed by atoms with Gasteiger partial charge in [0.15, 0.2) is 0 Å². The number of nitro benzene ring substituents is 1. The molecule has 3 aromatic rings. The third-order valence-electron chi connectivity index (χ3n) is 6.23. The number of nitrogens with zero attached hydrogens (tertiary/aromatic N) is 1. The van der Waals surface area contributed by atoms with Gasteiger partial charge in [0, 0.05) is 41.1 Å². The molecule has 4 N–H and O–H groups in total. The quantitative estimate of drug-likeness (QED) is 0.266. The van der Waals surface area contributed by atoms with Gasteiger partial charge < -0.3 is 20.9 Å². The van der Waals surface area contributed by atoms with Crippen LogP contribution in [-0.4, -0.2) is 40.9 Å². The molecule has 1 aromatic heterocycles. The lowest BCUT2D eigenvalue weighted by atomic mass is 9.89. The Labute approximate surface area is 212 Å². The van der Waals surface area contributed by atoms with Gasteiger partial charge in [-0.3, -0.25) is 24.5 Å². The van der Waals surface area contributed by atoms with Gasteiger partial charge in [0.25, 0.3) is 17.5 Å². The largest absolute Gasteiger partial charge is 0.374 e. The van der Waals surface area contributed by atoms with Crippen LogP contribution in [0.1, 0.15) is 46.4 Å². The summed E-state index contributed by atoms with van der Waals surface area (Å²) in [6, 6.07) is 7.20. The van der Waals surface area contributed by atoms with Gasteiger partial charge in [0.1, 0.15) is 11.5 Å². The van der Waals surface area contributed by atoms with Crippen molar-refractivity contribution in [3.8, 4) is 0 Å². The molecule has 188 valence electrons. The normalized spacial score (nSPS) is 17.4. The number of rotatable bonds is 6. The molecular weight excluding hydrogens is 537 g/mol. The summed E-state index contributed by atoms with van der Waals surface area (Å²) in [7, 11) is 1.43. The minimum absolute atomic E-state index is 0.0262. The van der Waals surface area contributed by atoms with Crippen molar-refractivity contribution in [1.29, 1.82) is 0 Å². The summed E-state index contributed by atoms with van der Waals surface area (Å²) < 4.78 is 14.6. The molecule has 0 bridgehead atoms. The monoisotopic (exact) mass is 559 g/mol. The van der Waals surface area contributed by atoms with Crippen molar-refractivity contribution in [3.63, 3.8) is 0 Å². The van der Waals surface area contributed by atoms with Crippen molar-refractivity contribution in [1.82, 2.24) is 15.6 Å². The number of hydrogen-bond donors (Lipinski definition) is 4. The van der Waals surface area contributed by atoms with Gasteiger partial charge in [-0.05, 0) is 25.0 Å². The Bertz CT molecular complexity index is 1430. The summed E-state index contributed by atoms with van der Waals surface area (Å²) in [5.74, 6) is -1.72. The van der Waals surface area contributed by atoms with Crippen LogP contribution in [0.15, 0.2) is 45.7 Å². The van der Waals surface area contributed by atoms with E-state index >= 15 is 0 Å². The molecule has 2 aromatic carbocycles. The standard InChI is InChI=1S/C24H23BrFN5O5/c1-27-23(33)15-9-12(25)10-19(31(35)36)22(15)28-17-7-2-3-8-18(17)29-24(34)14-11-20(32)30-21-13(14)5-4-6-16(21)26/h4-6,9-11,17-18,28H,2-3,7-8H2,1H3,(H,27,33)(H,29,34)(H,30,32)/t17-,18+/m1/s1. The van der Waals surface area contributed by atoms with E-state index in [-0.39, 0.29) is 33.4 Å². The van der Waals surface area contributed by atoms with Crippen molar-refractivity contribution in [2.24, 2.45) is 0 Å². The number of para-hydroxylation sites is 1. The van der Waals surface area contributed by atoms with E-state index in [2.05, 4.69) is 36.9 Å². The summed E-state index contributed by atoms with van der Waals surface area (Å²) in [4.78, 5) is 51.5. The highest BCUT2D eigenvalue weighted by atomic mass is 79.9. The number of amides is 2. The van der Waals surface area contributed by atoms with Gasteiger partial charge in [-0.15, -0.1) is 0 Å². The van der Waals surface area contributed by atoms with E-state index in [1.165, 1.54) is 31.3 Å². The van der Waals surface area contributed by atoms with Crippen molar-refractivity contribution in [2.75, 3.05) is 12.4 Å². The molecule has 1 fully saturated rings. The average molecular weight is 560 g/mol. The highest BCUT2D eigenvalue weighted by Crippen LogP contribution is 2.35. The van der Waals surface area contributed by atoms with Gasteiger partial charge in [-0.25, -0.2) is 4.39 Å². The van der Waals surface area contributed by atoms with E-state index in [0.29, 0.717) is 17.3 Å². The van der Waals surface area contributed by atoms with E-state index in [0.717, 1.165) is 18.9 Å². The second kappa shape index (κ2) is 10.4. The van der Waals surface area contributed by atoms with Crippen LogP contribution in [0.5, 0.6) is 0 Å². The number of nitro groups is 1. The Morgan fingerprint density at radius 1 is 1.11 bits per heavy atom. The molecule has 0 spiro atoms. The lowest BCUT2D eigenvalue weighted by molar-refractivity contribution is -0.384. The second-order valence-electron chi connectivity index (χ2n) is 8.51. The highest BCUT2D eigenvalue weighted by molar-refractivity contribution is 9.10. The molecule has 4 rings (SSSR count). The highest BCUT2D eigenvalue weighted by Gasteiger charge is 2.31. The molecule has 0 radical (unpaired) electrons. The number of carbonyl (C=O) groups excluding carboxylic acids is 2. The molecule has 0 unspecified atom stereocenters. The van der Waals surface area contributed by atoms with Crippen molar-refractivity contribution < 1.29 is 18.9 Å². The number of fused-ring (bicyclic) bond motifs is 1. The minimum Gasteiger partial charge on any atom is -0.374 e. The summed E-state index contributed by atoms with van der Waals surface area (Å²) in [6.45, 7) is 0. The number of anilines is 1. The smallest absolute Gasteiger partial charge is 0.294 e. The molecular formula is C24H23BrFN5O5. The van der Waals surface area contributed by atoms with Crippen molar-refractivity contribution in [2.45, 2.75) is 37.8 Å². The van der Waals surface area contributed by atoms with Crippen LogP contribution < -0.4 is 21.5 Å². The van der Waals surface area contributed by atoms with Crippen LogP contribution in [0.3, 0.4) is 0 Å². The first kappa shape index (κ1) is 25.3. The lowest BCUT2D eigenvalue weighted by Gasteiger charge is -2.34. The maximum Gasteiger partial charge on any atom is 0.294 e. The number of pyridine rings is 1. The Morgan fingerprint density at radius 2 is 1.83 bits per heavy atom. The van der Waals surface area contributed by atoms with Crippen LogP contribution in [0, 0.1) is 15.9 Å². The van der Waals surface area contributed by atoms with Crippen molar-refractivity contribution >= 4 is 50.0 Å². The third kappa shape index (κ3) is 5.08. The second-order valence-corrected chi connectivity index (χ2v) is 9.42. The lowest BCUT2D eigenvalue weighted by Crippen LogP contribution is -2.49. The third-order valence-corrected chi connectivity index (χ3v) is 6.69.